The van der Waals surface area contributed by atoms with Gasteiger partial charge in [-0.3, -0.25) is 19.8 Å². The Morgan fingerprint density at radius 1 is 1.14 bits per heavy atom. The number of nitrogens with zero attached hydrogens (tertiary/aromatic N) is 3. The van der Waals surface area contributed by atoms with Crippen LogP contribution in [0.3, 0.4) is 0 Å². The van der Waals surface area contributed by atoms with E-state index in [0.717, 1.165) is 56.7 Å². The number of nitrogens with one attached hydrogen (secondary N) is 2. The smallest absolute Gasteiger partial charge is 0.361 e. The van der Waals surface area contributed by atoms with Gasteiger partial charge in [-0.05, 0) is 37.7 Å². The minimum absolute atomic E-state index is 0.0416. The van der Waals surface area contributed by atoms with Crippen molar-refractivity contribution in [3.63, 3.8) is 0 Å². The third-order valence-corrected chi connectivity index (χ3v) is 8.15. The molecule has 2 N–H and O–H groups in total. The number of nitro benzene ring substituents is 1. The van der Waals surface area contributed by atoms with Crippen molar-refractivity contribution in [2.75, 3.05) is 44.7 Å². The average Bonchev–Trinajstić information content (AvgIpc) is 2.84. The number of carbonyl (C=O) groups is 1. The number of rotatable bonds is 5. The lowest BCUT2D eigenvalue weighted by atomic mass is 9.85. The molecule has 1 aliphatic heterocycles. The van der Waals surface area contributed by atoms with Gasteiger partial charge >= 0.3 is 12.2 Å². The summed E-state index contributed by atoms with van der Waals surface area (Å²) in [5.74, 6) is 0.543. The molecule has 2 fully saturated rings. The third kappa shape index (κ3) is 5.89. The zero-order valence-electron chi connectivity index (χ0n) is 19.8. The SMILES string of the molecule is CNC(=O)NC1CCC(CN2CCN(c3cc(=O)c4cc(C(F)(F)F)cc([N+](=O)[O-])c4s3)CC2)CC1. The van der Waals surface area contributed by atoms with Gasteiger partial charge in [-0.15, -0.1) is 11.3 Å². The van der Waals surface area contributed by atoms with Gasteiger partial charge in [0.05, 0.1) is 15.5 Å². The number of hydrogen-bond donors (Lipinski definition) is 2. The molecule has 4 rings (SSSR count). The summed E-state index contributed by atoms with van der Waals surface area (Å²) in [6, 6.07) is 2.52. The number of fused-ring (bicyclic) bond motifs is 1. The van der Waals surface area contributed by atoms with Crippen molar-refractivity contribution in [1.29, 1.82) is 0 Å². The number of non-ortho nitro benzene ring substituents is 1. The second-order valence-corrected chi connectivity index (χ2v) is 10.3. The van der Waals surface area contributed by atoms with Crippen LogP contribution in [0, 0.1) is 16.0 Å². The number of piperazine rings is 1. The highest BCUT2D eigenvalue weighted by Crippen LogP contribution is 2.39. The van der Waals surface area contributed by atoms with Crippen molar-refractivity contribution in [2.24, 2.45) is 5.92 Å². The third-order valence-electron chi connectivity index (χ3n) is 6.93. The Labute approximate surface area is 209 Å². The van der Waals surface area contributed by atoms with Crippen LogP contribution in [-0.2, 0) is 6.18 Å². The zero-order valence-corrected chi connectivity index (χ0v) is 20.6. The summed E-state index contributed by atoms with van der Waals surface area (Å²) < 4.78 is 39.5. The van der Waals surface area contributed by atoms with Gasteiger partial charge in [0.25, 0.3) is 5.69 Å². The molecule has 36 heavy (non-hydrogen) atoms. The summed E-state index contributed by atoms with van der Waals surface area (Å²) in [5, 5.41) is 17.3. The highest BCUT2D eigenvalue weighted by Gasteiger charge is 2.34. The molecule has 1 saturated carbocycles. The number of alkyl halides is 3. The molecule has 0 bridgehead atoms. The molecule has 2 aliphatic rings. The van der Waals surface area contributed by atoms with Crippen LogP contribution in [0.25, 0.3) is 10.1 Å². The van der Waals surface area contributed by atoms with Crippen molar-refractivity contribution < 1.29 is 22.9 Å². The van der Waals surface area contributed by atoms with Gasteiger partial charge in [0.1, 0.15) is 4.70 Å². The van der Waals surface area contributed by atoms with Crippen LogP contribution >= 0.6 is 11.3 Å². The Hall–Kier alpha value is -2.93. The number of nitro groups is 1. The molecule has 1 aromatic carbocycles. The topological polar surface area (TPSA) is 108 Å². The molecule has 0 unspecified atom stereocenters. The fourth-order valence-electron chi connectivity index (χ4n) is 4.95. The van der Waals surface area contributed by atoms with Gasteiger partial charge in [-0.25, -0.2) is 4.79 Å². The van der Waals surface area contributed by atoms with Crippen molar-refractivity contribution in [2.45, 2.75) is 37.9 Å². The molecule has 9 nitrogen and oxygen atoms in total. The maximum Gasteiger partial charge on any atom is 0.416 e. The molecule has 196 valence electrons. The largest absolute Gasteiger partial charge is 0.416 e. The first-order valence-corrected chi connectivity index (χ1v) is 12.7. The van der Waals surface area contributed by atoms with Gasteiger partial charge in [0.2, 0.25) is 0 Å². The maximum atomic E-state index is 13.2. The lowest BCUT2D eigenvalue weighted by molar-refractivity contribution is -0.383. The van der Waals surface area contributed by atoms with E-state index in [9.17, 15) is 32.9 Å². The van der Waals surface area contributed by atoms with Gasteiger partial charge in [-0.2, -0.15) is 13.2 Å². The number of urea groups is 1. The van der Waals surface area contributed by atoms with E-state index in [0.29, 0.717) is 36.1 Å². The molecule has 1 saturated heterocycles. The van der Waals surface area contributed by atoms with Crippen molar-refractivity contribution in [3.05, 3.63) is 44.1 Å². The van der Waals surface area contributed by atoms with E-state index in [1.54, 1.807) is 7.05 Å². The number of carbonyl (C=O) groups excluding carboxylic acids is 1. The summed E-state index contributed by atoms with van der Waals surface area (Å²) in [6.45, 7) is 3.68. The highest BCUT2D eigenvalue weighted by molar-refractivity contribution is 7.22. The molecule has 1 aromatic heterocycles. The average molecular weight is 528 g/mol. The molecule has 2 heterocycles. The minimum atomic E-state index is -4.79. The number of halogens is 3. The normalized spacial score (nSPS) is 21.4. The Balaban J connectivity index is 1.41. The van der Waals surface area contributed by atoms with Crippen LogP contribution in [0.5, 0.6) is 0 Å². The Morgan fingerprint density at radius 2 is 1.81 bits per heavy atom. The maximum absolute atomic E-state index is 13.2. The van der Waals surface area contributed by atoms with Crippen molar-refractivity contribution in [3.8, 4) is 0 Å². The first kappa shape index (κ1) is 26.1. The van der Waals surface area contributed by atoms with E-state index in [-0.39, 0.29) is 22.2 Å². The second-order valence-electron chi connectivity index (χ2n) is 9.30. The molecule has 2 amide bonds. The summed E-state index contributed by atoms with van der Waals surface area (Å²) in [6.07, 6.45) is -0.837. The van der Waals surface area contributed by atoms with E-state index in [1.807, 2.05) is 4.90 Å². The van der Waals surface area contributed by atoms with Gasteiger partial charge in [0.15, 0.2) is 5.43 Å². The molecular formula is C23H28F3N5O4S. The van der Waals surface area contributed by atoms with Crippen LogP contribution in [0.15, 0.2) is 23.0 Å². The Kier molecular flexibility index (Phi) is 7.69. The van der Waals surface area contributed by atoms with E-state index in [1.165, 1.54) is 6.07 Å². The lowest BCUT2D eigenvalue weighted by Gasteiger charge is -2.38. The van der Waals surface area contributed by atoms with Crippen LogP contribution in [0.1, 0.15) is 31.2 Å². The van der Waals surface area contributed by atoms with Gasteiger partial charge in [0, 0.05) is 63.3 Å². The quantitative estimate of drug-likeness (QED) is 0.453. The minimum Gasteiger partial charge on any atom is -0.361 e. The standard InChI is InChI=1S/C23H28F3N5O4S/c1-27-22(33)28-16-4-2-14(3-5-16)13-29-6-8-30(9-7-29)20-12-19(32)17-10-15(23(24,25)26)11-18(31(34)35)21(17)36-20/h10-12,14,16H,2-9,13H2,1H3,(H2,27,28,33). The first-order valence-electron chi connectivity index (χ1n) is 11.8. The molecule has 13 heteroatoms. The molecule has 1 aliphatic carbocycles. The molecular weight excluding hydrogens is 499 g/mol. The summed E-state index contributed by atoms with van der Waals surface area (Å²) in [4.78, 5) is 39.1. The molecule has 0 spiro atoms. The number of hydrogen-bond acceptors (Lipinski definition) is 7. The lowest BCUT2D eigenvalue weighted by Crippen LogP contribution is -2.48. The van der Waals surface area contributed by atoms with Crippen LogP contribution in [-0.4, -0.2) is 61.7 Å². The Bertz CT molecular complexity index is 1190. The number of anilines is 1. The van der Waals surface area contributed by atoms with Crippen LogP contribution in [0.2, 0.25) is 0 Å². The van der Waals surface area contributed by atoms with E-state index in [4.69, 9.17) is 0 Å². The predicted octanol–water partition coefficient (Wildman–Crippen LogP) is 3.80. The fourth-order valence-corrected chi connectivity index (χ4v) is 6.14. The summed E-state index contributed by atoms with van der Waals surface area (Å²) >= 11 is 0.984. The predicted molar refractivity (Wildman–Crippen MR) is 132 cm³/mol. The summed E-state index contributed by atoms with van der Waals surface area (Å²) in [5.41, 5.74) is -2.56. The number of benzene rings is 1. The Morgan fingerprint density at radius 3 is 2.39 bits per heavy atom. The monoisotopic (exact) mass is 527 g/mol. The van der Waals surface area contributed by atoms with Crippen molar-refractivity contribution >= 4 is 38.1 Å². The molecule has 2 aromatic rings. The van der Waals surface area contributed by atoms with E-state index >= 15 is 0 Å². The molecule has 0 radical (unpaired) electrons. The second kappa shape index (κ2) is 10.6. The highest BCUT2D eigenvalue weighted by atomic mass is 32.1. The zero-order chi connectivity index (χ0) is 26.0. The van der Waals surface area contributed by atoms with E-state index in [2.05, 4.69) is 15.5 Å². The van der Waals surface area contributed by atoms with Crippen LogP contribution in [0.4, 0.5) is 28.7 Å². The van der Waals surface area contributed by atoms with Gasteiger partial charge < -0.3 is 15.5 Å². The molecule has 0 atom stereocenters. The number of amides is 2. The van der Waals surface area contributed by atoms with Crippen LogP contribution < -0.4 is 21.0 Å². The fraction of sp³-hybridized carbons (Fsp3) is 0.565. The first-order chi connectivity index (χ1) is 17.0. The summed E-state index contributed by atoms with van der Waals surface area (Å²) in [7, 11) is 1.60. The van der Waals surface area contributed by atoms with Gasteiger partial charge in [-0.1, -0.05) is 0 Å². The van der Waals surface area contributed by atoms with Crippen molar-refractivity contribution in [1.82, 2.24) is 15.5 Å². The van der Waals surface area contributed by atoms with E-state index < -0.39 is 27.8 Å².